The maximum Gasteiger partial charge on any atom is 1.00 e. The fourth-order valence-corrected chi connectivity index (χ4v) is 0. The third-order valence-corrected chi connectivity index (χ3v) is 0. The van der Waals surface area contributed by atoms with E-state index in [-0.39, 0.29) is 27.7 Å². The Bertz CT molecular complexity index is 29.5. The second-order valence-electron chi connectivity index (χ2n) is 0.0913. The Morgan fingerprint density at radius 2 is 1.75 bits per heavy atom. The SMILES string of the molecule is N#C[Se-].[Hg+]. The van der Waals surface area contributed by atoms with Crippen molar-refractivity contribution >= 4 is 16.0 Å². The smallest absolute Gasteiger partial charge is 1.00 e. The van der Waals surface area contributed by atoms with E-state index in [1.54, 1.807) is 4.97 Å². The van der Waals surface area contributed by atoms with E-state index in [9.17, 15) is 0 Å². The van der Waals surface area contributed by atoms with Crippen LogP contribution >= 0.6 is 0 Å². The Labute approximate surface area is 53.7 Å². The molecule has 0 heterocycles. The van der Waals surface area contributed by atoms with Crippen molar-refractivity contribution in [3.8, 4) is 4.97 Å². The number of rotatable bonds is 0. The van der Waals surface area contributed by atoms with Crippen LogP contribution in [0, 0.1) is 10.2 Å². The molecular formula is CHgNSe. The Balaban J connectivity index is 0. The summed E-state index contributed by atoms with van der Waals surface area (Å²) in [7, 11) is 0. The third-order valence-electron chi connectivity index (χ3n) is 0. The first-order valence-electron chi connectivity index (χ1n) is 0.428. The minimum atomic E-state index is 0. The molecule has 0 N–H and O–H groups in total. The zero-order chi connectivity index (χ0) is 2.71. The van der Waals surface area contributed by atoms with Gasteiger partial charge in [0.2, 0.25) is 0 Å². The topological polar surface area (TPSA) is 23.8 Å². The molecule has 17 valence electrons. The van der Waals surface area contributed by atoms with E-state index in [4.69, 9.17) is 5.26 Å². The summed E-state index contributed by atoms with van der Waals surface area (Å²) in [5.41, 5.74) is 0. The van der Waals surface area contributed by atoms with Gasteiger partial charge in [-0.25, -0.2) is 0 Å². The Morgan fingerprint density at radius 1 is 1.75 bits per heavy atom. The molecule has 0 aliphatic carbocycles. The quantitative estimate of drug-likeness (QED) is 0.561. The Morgan fingerprint density at radius 3 is 1.75 bits per heavy atom. The summed E-state index contributed by atoms with van der Waals surface area (Å²) < 4.78 is 0. The van der Waals surface area contributed by atoms with Crippen LogP contribution in [0.3, 0.4) is 0 Å². The van der Waals surface area contributed by atoms with Crippen molar-refractivity contribution in [2.75, 3.05) is 0 Å². The minimum Gasteiger partial charge on any atom is 1.00 e. The first-order valence-corrected chi connectivity index (χ1v) is 1.28. The van der Waals surface area contributed by atoms with Crippen LogP contribution in [-0.4, -0.2) is 16.0 Å². The second kappa shape index (κ2) is 9.04. The van der Waals surface area contributed by atoms with Crippen molar-refractivity contribution in [3.05, 3.63) is 0 Å². The molecule has 0 aromatic carbocycles. The molecule has 0 saturated heterocycles. The predicted molar refractivity (Wildman–Crippen MR) is 11.4 cm³/mol. The predicted octanol–water partition coefficient (Wildman–Crippen LogP) is -0.367. The molecule has 0 spiro atoms. The molecule has 0 unspecified atom stereocenters. The molecule has 0 saturated carbocycles. The van der Waals surface area contributed by atoms with Crippen LogP contribution in [-0.2, 0) is 27.7 Å². The van der Waals surface area contributed by atoms with Crippen LogP contribution in [0.25, 0.3) is 0 Å². The Kier molecular flexibility index (Phi) is 20.1. The molecule has 0 atom stereocenters. The maximum atomic E-state index is 7.26. The van der Waals surface area contributed by atoms with Gasteiger partial charge >= 0.3 is 53.9 Å². The molecule has 0 aliphatic rings. The van der Waals surface area contributed by atoms with Crippen LogP contribution in [0.15, 0.2) is 0 Å². The average Bonchev–Trinajstić information content (AvgIpc) is 0.918. The van der Waals surface area contributed by atoms with Crippen LogP contribution < -0.4 is 0 Å². The summed E-state index contributed by atoms with van der Waals surface area (Å²) in [5, 5.41) is 7.26. The van der Waals surface area contributed by atoms with Crippen molar-refractivity contribution in [1.82, 2.24) is 0 Å². The van der Waals surface area contributed by atoms with E-state index >= 15 is 0 Å². The summed E-state index contributed by atoms with van der Waals surface area (Å²) in [6.07, 6.45) is 0. The van der Waals surface area contributed by atoms with Crippen molar-refractivity contribution < 1.29 is 27.7 Å². The molecule has 0 bridgehead atoms. The van der Waals surface area contributed by atoms with Gasteiger partial charge in [-0.05, 0) is 0 Å². The van der Waals surface area contributed by atoms with Gasteiger partial charge in [-0.2, -0.15) is 0 Å². The van der Waals surface area contributed by atoms with E-state index in [0.717, 1.165) is 0 Å². The minimum absolute atomic E-state index is 0. The summed E-state index contributed by atoms with van der Waals surface area (Å²) >= 11 is 2.11. The molecule has 0 rings (SSSR count). The maximum absolute atomic E-state index is 7.26. The third kappa shape index (κ3) is 12.5. The fourth-order valence-electron chi connectivity index (χ4n) is 0. The molecule has 0 amide bonds. The van der Waals surface area contributed by atoms with Gasteiger partial charge in [-0.15, -0.1) is 0 Å². The molecule has 1 radical (unpaired) electrons. The number of nitriles is 1. The molecule has 1 nitrogen and oxygen atoms in total. The number of hydrogen-bond acceptors (Lipinski definition) is 1. The standard InChI is InChI=1S/CHNSe.Hg/c2-1-3;/h3H;/q;+1/p-1. The number of hydrogen-bond donors (Lipinski definition) is 0. The molecular weight excluding hydrogens is 306 g/mol. The first-order chi connectivity index (χ1) is 1.41. The zero-order valence-electron chi connectivity index (χ0n) is 2.06. The van der Waals surface area contributed by atoms with Gasteiger partial charge in [0.05, 0.1) is 0 Å². The van der Waals surface area contributed by atoms with E-state index in [1.165, 1.54) is 0 Å². The van der Waals surface area contributed by atoms with E-state index in [2.05, 4.69) is 16.0 Å². The van der Waals surface area contributed by atoms with Crippen molar-refractivity contribution in [2.24, 2.45) is 0 Å². The molecule has 0 aromatic rings. The normalized spacial score (nSPS) is 1.75. The van der Waals surface area contributed by atoms with Crippen LogP contribution in [0.5, 0.6) is 0 Å². The van der Waals surface area contributed by atoms with Gasteiger partial charge in [-0.1, -0.05) is 0 Å². The fraction of sp³-hybridized carbons (Fsp3) is 0. The van der Waals surface area contributed by atoms with Crippen LogP contribution in [0.1, 0.15) is 0 Å². The molecule has 3 heteroatoms. The van der Waals surface area contributed by atoms with Crippen molar-refractivity contribution in [2.45, 2.75) is 0 Å². The van der Waals surface area contributed by atoms with E-state index < -0.39 is 0 Å². The van der Waals surface area contributed by atoms with Gasteiger partial charge in [0.15, 0.2) is 0 Å². The monoisotopic (exact) mass is 308 g/mol. The van der Waals surface area contributed by atoms with Gasteiger partial charge < -0.3 is 0 Å². The summed E-state index contributed by atoms with van der Waals surface area (Å²) in [4.78, 5) is 1.62. The van der Waals surface area contributed by atoms with E-state index in [1.807, 2.05) is 0 Å². The van der Waals surface area contributed by atoms with Crippen molar-refractivity contribution in [1.29, 1.82) is 5.26 Å². The van der Waals surface area contributed by atoms with E-state index in [0.29, 0.717) is 0 Å². The van der Waals surface area contributed by atoms with Crippen molar-refractivity contribution in [3.63, 3.8) is 0 Å². The molecule has 0 aromatic heterocycles. The molecule has 0 aliphatic heterocycles. The van der Waals surface area contributed by atoms with Gasteiger partial charge in [-0.3, -0.25) is 0 Å². The molecule has 4 heavy (non-hydrogen) atoms. The van der Waals surface area contributed by atoms with Crippen LogP contribution in [0.4, 0.5) is 0 Å². The number of nitrogens with zero attached hydrogens (tertiary/aromatic N) is 1. The Hall–Kier alpha value is 0.945. The second-order valence-corrected chi connectivity index (χ2v) is 0.474. The largest absolute Gasteiger partial charge is 1.00 e. The van der Waals surface area contributed by atoms with Gasteiger partial charge in [0.25, 0.3) is 0 Å². The summed E-state index contributed by atoms with van der Waals surface area (Å²) in [6, 6.07) is 0. The summed E-state index contributed by atoms with van der Waals surface area (Å²) in [5.74, 6) is 0. The molecule has 0 fully saturated rings. The first kappa shape index (κ1) is 8.87. The zero-order valence-corrected chi connectivity index (χ0v) is 9.27. The van der Waals surface area contributed by atoms with Gasteiger partial charge in [0.1, 0.15) is 0 Å². The average molecular weight is 306 g/mol. The summed E-state index contributed by atoms with van der Waals surface area (Å²) in [6.45, 7) is 0. The van der Waals surface area contributed by atoms with Gasteiger partial charge in [0, 0.05) is 0 Å². The van der Waals surface area contributed by atoms with Crippen LogP contribution in [0.2, 0.25) is 0 Å².